The minimum atomic E-state index is 0.0639. The molecule has 1 heterocycles. The number of nitrogens with one attached hydrogen (secondary N) is 1. The van der Waals surface area contributed by atoms with Crippen LogP contribution in [0.2, 0.25) is 0 Å². The fraction of sp³-hybridized carbons (Fsp3) is 0.458. The molecule has 2 aromatic carbocycles. The van der Waals surface area contributed by atoms with Gasteiger partial charge in [0.05, 0.1) is 6.61 Å². The Morgan fingerprint density at radius 3 is 2.57 bits per heavy atom. The van der Waals surface area contributed by atoms with Gasteiger partial charge in [0.2, 0.25) is 5.91 Å². The van der Waals surface area contributed by atoms with Crippen molar-refractivity contribution in [3.05, 3.63) is 65.7 Å². The number of hydrogen-bond acceptors (Lipinski definition) is 3. The number of ether oxygens (including phenoxy) is 1. The van der Waals surface area contributed by atoms with Gasteiger partial charge in [-0.25, -0.2) is 0 Å². The number of hydrogen-bond donors (Lipinski definition) is 1. The summed E-state index contributed by atoms with van der Waals surface area (Å²) in [6.07, 6.45) is 5.06. The molecule has 1 saturated heterocycles. The van der Waals surface area contributed by atoms with Gasteiger partial charge in [-0.1, -0.05) is 61.4 Å². The predicted molar refractivity (Wildman–Crippen MR) is 113 cm³/mol. The number of nitrogens with zero attached hydrogens (tertiary/aromatic N) is 1. The van der Waals surface area contributed by atoms with E-state index in [9.17, 15) is 4.79 Å². The molecule has 2 aromatic rings. The van der Waals surface area contributed by atoms with Crippen LogP contribution < -0.4 is 10.1 Å². The highest BCUT2D eigenvalue weighted by molar-refractivity contribution is 5.76. The van der Waals surface area contributed by atoms with Crippen LogP contribution in [-0.2, 0) is 11.3 Å². The maximum Gasteiger partial charge on any atom is 0.221 e. The molecule has 3 rings (SSSR count). The summed E-state index contributed by atoms with van der Waals surface area (Å²) in [5.41, 5.74) is 2.38. The highest BCUT2D eigenvalue weighted by Gasteiger charge is 2.24. The molecule has 1 aliphatic heterocycles. The summed E-state index contributed by atoms with van der Waals surface area (Å²) in [6.45, 7) is 5.21. The second-order valence-electron chi connectivity index (χ2n) is 7.41. The summed E-state index contributed by atoms with van der Waals surface area (Å²) in [4.78, 5) is 15.1. The smallest absolute Gasteiger partial charge is 0.221 e. The van der Waals surface area contributed by atoms with Crippen molar-refractivity contribution in [2.45, 2.75) is 51.6 Å². The topological polar surface area (TPSA) is 41.6 Å². The normalized spacial score (nSPS) is 19.5. The molecular formula is C24H32N2O2. The maximum absolute atomic E-state index is 12.6. The lowest BCUT2D eigenvalue weighted by Crippen LogP contribution is -2.34. The van der Waals surface area contributed by atoms with E-state index in [1.807, 2.05) is 25.1 Å². The van der Waals surface area contributed by atoms with Crippen molar-refractivity contribution in [1.29, 1.82) is 0 Å². The lowest BCUT2D eigenvalue weighted by molar-refractivity contribution is -0.122. The van der Waals surface area contributed by atoms with Gasteiger partial charge in [0.25, 0.3) is 0 Å². The van der Waals surface area contributed by atoms with Crippen LogP contribution in [0.4, 0.5) is 0 Å². The second-order valence-corrected chi connectivity index (χ2v) is 7.41. The Labute approximate surface area is 168 Å². The summed E-state index contributed by atoms with van der Waals surface area (Å²) in [5, 5.41) is 3.11. The number of rotatable bonds is 5. The van der Waals surface area contributed by atoms with Gasteiger partial charge in [-0.2, -0.15) is 0 Å². The van der Waals surface area contributed by atoms with Crippen molar-refractivity contribution >= 4 is 5.91 Å². The maximum atomic E-state index is 12.6. The quantitative estimate of drug-likeness (QED) is 0.817. The fourth-order valence-corrected chi connectivity index (χ4v) is 3.90. The van der Waals surface area contributed by atoms with Crippen molar-refractivity contribution in [1.82, 2.24) is 10.2 Å². The zero-order valence-corrected chi connectivity index (χ0v) is 16.9. The highest BCUT2D eigenvalue weighted by atomic mass is 16.5. The summed E-state index contributed by atoms with van der Waals surface area (Å²) < 4.78 is 5.86. The Morgan fingerprint density at radius 1 is 1.00 bits per heavy atom. The molecule has 0 bridgehead atoms. The molecule has 1 N–H and O–H groups in total. The van der Waals surface area contributed by atoms with Gasteiger partial charge in [0.15, 0.2) is 0 Å². The minimum absolute atomic E-state index is 0.0639. The lowest BCUT2D eigenvalue weighted by atomic mass is 10.00. The first-order chi connectivity index (χ1) is 13.8. The van der Waals surface area contributed by atoms with Crippen molar-refractivity contribution in [2.24, 2.45) is 0 Å². The van der Waals surface area contributed by atoms with Crippen LogP contribution >= 0.6 is 0 Å². The van der Waals surface area contributed by atoms with E-state index < -0.39 is 0 Å². The first kappa shape index (κ1) is 20.4. The molecule has 0 spiro atoms. The predicted octanol–water partition coefficient (Wildman–Crippen LogP) is 4.71. The Morgan fingerprint density at radius 2 is 1.75 bits per heavy atom. The third-order valence-electron chi connectivity index (χ3n) is 5.34. The van der Waals surface area contributed by atoms with Crippen LogP contribution in [0.5, 0.6) is 5.75 Å². The van der Waals surface area contributed by atoms with Crippen LogP contribution in [0.3, 0.4) is 0 Å². The third kappa shape index (κ3) is 5.83. The Bertz CT molecular complexity index is 732. The molecular weight excluding hydrogens is 348 g/mol. The van der Waals surface area contributed by atoms with Crippen LogP contribution in [0.25, 0.3) is 0 Å². The van der Waals surface area contributed by atoms with Crippen molar-refractivity contribution in [3.8, 4) is 5.75 Å². The standard InChI is InChI=1S/C24H32N2O2/c1-2-28-23-15-9-8-14-21(23)19-26-17-11-4-3-10-16-25-24(27)18-22(26)20-12-6-5-7-13-20/h5-9,12-15,22H,2-4,10-11,16-19H2,1H3,(H,25,27). The molecule has 1 unspecified atom stereocenters. The summed E-state index contributed by atoms with van der Waals surface area (Å²) in [7, 11) is 0. The molecule has 0 radical (unpaired) electrons. The second kappa shape index (κ2) is 10.9. The molecule has 150 valence electrons. The average Bonchev–Trinajstić information content (AvgIpc) is 2.76. The number of carbonyl (C=O) groups excluding carboxylic acids is 1. The third-order valence-corrected chi connectivity index (χ3v) is 5.34. The average molecular weight is 381 g/mol. The van der Waals surface area contributed by atoms with E-state index in [-0.39, 0.29) is 11.9 Å². The number of para-hydroxylation sites is 1. The highest BCUT2D eigenvalue weighted by Crippen LogP contribution is 2.29. The molecule has 1 amide bonds. The van der Waals surface area contributed by atoms with Crippen molar-refractivity contribution in [3.63, 3.8) is 0 Å². The van der Waals surface area contributed by atoms with E-state index >= 15 is 0 Å². The van der Waals surface area contributed by atoms with Crippen LogP contribution in [0, 0.1) is 0 Å². The number of benzene rings is 2. The van der Waals surface area contributed by atoms with Gasteiger partial charge in [-0.05, 0) is 37.9 Å². The molecule has 28 heavy (non-hydrogen) atoms. The molecule has 4 nitrogen and oxygen atoms in total. The van der Waals surface area contributed by atoms with Crippen molar-refractivity contribution < 1.29 is 9.53 Å². The number of carbonyl (C=O) groups is 1. The Hall–Kier alpha value is -2.33. The van der Waals surface area contributed by atoms with Gasteiger partial charge < -0.3 is 10.1 Å². The molecule has 4 heteroatoms. The van der Waals surface area contributed by atoms with Crippen LogP contribution in [-0.4, -0.2) is 30.5 Å². The first-order valence-corrected chi connectivity index (χ1v) is 10.5. The van der Waals surface area contributed by atoms with E-state index in [4.69, 9.17) is 4.74 Å². The molecule has 0 aliphatic carbocycles. The van der Waals surface area contributed by atoms with Gasteiger partial charge in [0.1, 0.15) is 5.75 Å². The van der Waals surface area contributed by atoms with E-state index in [0.29, 0.717) is 13.0 Å². The zero-order valence-electron chi connectivity index (χ0n) is 16.9. The zero-order chi connectivity index (χ0) is 19.6. The van der Waals surface area contributed by atoms with E-state index in [1.165, 1.54) is 24.0 Å². The van der Waals surface area contributed by atoms with Gasteiger partial charge in [-0.15, -0.1) is 0 Å². The summed E-state index contributed by atoms with van der Waals surface area (Å²) >= 11 is 0. The Kier molecular flexibility index (Phi) is 7.92. The molecule has 0 saturated carbocycles. The number of amides is 1. The van der Waals surface area contributed by atoms with Crippen LogP contribution in [0.1, 0.15) is 56.2 Å². The minimum Gasteiger partial charge on any atom is -0.494 e. The summed E-state index contributed by atoms with van der Waals surface area (Å²) in [5.74, 6) is 1.08. The van der Waals surface area contributed by atoms with E-state index in [2.05, 4.69) is 46.6 Å². The molecule has 1 fully saturated rings. The van der Waals surface area contributed by atoms with Crippen molar-refractivity contribution in [2.75, 3.05) is 19.7 Å². The van der Waals surface area contributed by atoms with Gasteiger partial charge in [-0.3, -0.25) is 9.69 Å². The SMILES string of the molecule is CCOc1ccccc1CN1CCCCCCNC(=O)CC1c1ccccc1. The van der Waals surface area contributed by atoms with Crippen LogP contribution in [0.15, 0.2) is 54.6 Å². The van der Waals surface area contributed by atoms with E-state index in [0.717, 1.165) is 38.2 Å². The Balaban J connectivity index is 1.90. The molecule has 1 atom stereocenters. The lowest BCUT2D eigenvalue weighted by Gasteiger charge is -2.32. The van der Waals surface area contributed by atoms with E-state index in [1.54, 1.807) is 0 Å². The van der Waals surface area contributed by atoms with Gasteiger partial charge >= 0.3 is 0 Å². The largest absolute Gasteiger partial charge is 0.494 e. The fourth-order valence-electron chi connectivity index (χ4n) is 3.90. The van der Waals surface area contributed by atoms with Gasteiger partial charge in [0, 0.05) is 31.1 Å². The molecule has 0 aromatic heterocycles. The first-order valence-electron chi connectivity index (χ1n) is 10.5. The molecule has 1 aliphatic rings. The monoisotopic (exact) mass is 380 g/mol. The summed E-state index contributed by atoms with van der Waals surface area (Å²) in [6, 6.07) is 18.7.